The molecule has 4 bridgehead atoms. The average Bonchev–Trinajstić information content (AvgIpc) is 2.50. The standard InChI is InChI=1S/C19H31N3O3/c1-11(2)16(17(20)24)22-15(23)3-4-21-18(25)19-8-12-5-13(9-19)7-14(6-12)10-19/h11-14,16H,3-10H2,1-2H3,(H2,20,24)(H,21,25)(H,22,23)/t12?,13?,14?,16-,19?/m1/s1. The number of carbonyl (C=O) groups excluding carboxylic acids is 3. The Labute approximate surface area is 149 Å². The molecular weight excluding hydrogens is 318 g/mol. The molecule has 6 heteroatoms. The van der Waals surface area contributed by atoms with Crippen molar-refractivity contribution in [3.05, 3.63) is 0 Å². The number of nitrogens with one attached hydrogen (secondary N) is 2. The van der Waals surface area contributed by atoms with Gasteiger partial charge in [0, 0.05) is 18.4 Å². The van der Waals surface area contributed by atoms with Crippen LogP contribution in [0.1, 0.15) is 58.8 Å². The maximum Gasteiger partial charge on any atom is 0.240 e. The number of amides is 3. The van der Waals surface area contributed by atoms with Crippen LogP contribution in [0, 0.1) is 29.1 Å². The maximum absolute atomic E-state index is 12.8. The summed E-state index contributed by atoms with van der Waals surface area (Å²) in [5.74, 6) is 1.48. The fraction of sp³-hybridized carbons (Fsp3) is 0.842. The van der Waals surface area contributed by atoms with Gasteiger partial charge in [-0.05, 0) is 62.2 Å². The van der Waals surface area contributed by atoms with E-state index < -0.39 is 11.9 Å². The number of rotatable bonds is 7. The van der Waals surface area contributed by atoms with Gasteiger partial charge in [-0.2, -0.15) is 0 Å². The molecule has 4 saturated carbocycles. The molecule has 0 spiro atoms. The molecule has 3 amide bonds. The normalized spacial score (nSPS) is 34.0. The maximum atomic E-state index is 12.8. The SMILES string of the molecule is CC(C)[C@@H](NC(=O)CCNC(=O)C12CC3CC(CC(C3)C1)C2)C(N)=O. The van der Waals surface area contributed by atoms with E-state index in [0.717, 1.165) is 37.0 Å². The first-order valence-corrected chi connectivity index (χ1v) is 9.66. The molecule has 0 aromatic carbocycles. The zero-order chi connectivity index (χ0) is 18.2. The number of nitrogens with two attached hydrogens (primary N) is 1. The van der Waals surface area contributed by atoms with Crippen molar-refractivity contribution >= 4 is 17.7 Å². The van der Waals surface area contributed by atoms with Crippen LogP contribution in [-0.4, -0.2) is 30.3 Å². The van der Waals surface area contributed by atoms with E-state index in [1.165, 1.54) is 19.3 Å². The van der Waals surface area contributed by atoms with Crippen molar-refractivity contribution in [3.63, 3.8) is 0 Å². The lowest BCUT2D eigenvalue weighted by Crippen LogP contribution is -2.54. The Bertz CT molecular complexity index is 523. The van der Waals surface area contributed by atoms with Crippen molar-refractivity contribution in [3.8, 4) is 0 Å². The molecule has 0 unspecified atom stereocenters. The fourth-order valence-electron chi connectivity index (χ4n) is 5.68. The summed E-state index contributed by atoms with van der Waals surface area (Å²) in [6, 6.07) is -0.661. The van der Waals surface area contributed by atoms with Gasteiger partial charge in [0.1, 0.15) is 6.04 Å². The van der Waals surface area contributed by atoms with Crippen molar-refractivity contribution in [2.45, 2.75) is 64.8 Å². The molecule has 4 rings (SSSR count). The Balaban J connectivity index is 1.47. The second-order valence-corrected chi connectivity index (χ2v) is 8.90. The Hall–Kier alpha value is -1.59. The lowest BCUT2D eigenvalue weighted by molar-refractivity contribution is -0.146. The highest BCUT2D eigenvalue weighted by Gasteiger charge is 2.54. The van der Waals surface area contributed by atoms with Gasteiger partial charge in [-0.3, -0.25) is 14.4 Å². The first kappa shape index (κ1) is 18.2. The van der Waals surface area contributed by atoms with Gasteiger partial charge in [-0.15, -0.1) is 0 Å². The largest absolute Gasteiger partial charge is 0.368 e. The van der Waals surface area contributed by atoms with Crippen LogP contribution < -0.4 is 16.4 Å². The predicted molar refractivity (Wildman–Crippen MR) is 94.2 cm³/mol. The summed E-state index contributed by atoms with van der Waals surface area (Å²) in [7, 11) is 0. The van der Waals surface area contributed by atoms with E-state index in [9.17, 15) is 14.4 Å². The van der Waals surface area contributed by atoms with Crippen molar-refractivity contribution in [2.75, 3.05) is 6.54 Å². The first-order chi connectivity index (χ1) is 11.8. The van der Waals surface area contributed by atoms with Crippen LogP contribution in [0.15, 0.2) is 0 Å². The minimum atomic E-state index is -0.661. The first-order valence-electron chi connectivity index (χ1n) is 9.66. The number of hydrogen-bond donors (Lipinski definition) is 3. The molecule has 0 aliphatic heterocycles. The van der Waals surface area contributed by atoms with Crippen molar-refractivity contribution in [1.29, 1.82) is 0 Å². The van der Waals surface area contributed by atoms with E-state index in [1.54, 1.807) is 0 Å². The van der Waals surface area contributed by atoms with Gasteiger partial charge < -0.3 is 16.4 Å². The number of carbonyl (C=O) groups is 3. The zero-order valence-electron chi connectivity index (χ0n) is 15.3. The number of primary amides is 1. The summed E-state index contributed by atoms with van der Waals surface area (Å²) in [6.45, 7) is 3.99. The van der Waals surface area contributed by atoms with Crippen LogP contribution in [0.4, 0.5) is 0 Å². The molecule has 25 heavy (non-hydrogen) atoms. The van der Waals surface area contributed by atoms with Crippen LogP contribution >= 0.6 is 0 Å². The van der Waals surface area contributed by atoms with E-state index in [2.05, 4.69) is 10.6 Å². The van der Waals surface area contributed by atoms with E-state index >= 15 is 0 Å². The third-order valence-corrected chi connectivity index (χ3v) is 6.45. The van der Waals surface area contributed by atoms with Gasteiger partial charge in [-0.25, -0.2) is 0 Å². The second-order valence-electron chi connectivity index (χ2n) is 8.90. The Morgan fingerprint density at radius 1 is 1.04 bits per heavy atom. The molecule has 4 fully saturated rings. The lowest BCUT2D eigenvalue weighted by Gasteiger charge is -2.55. The molecule has 140 valence electrons. The molecule has 4 N–H and O–H groups in total. The van der Waals surface area contributed by atoms with Gasteiger partial charge in [-0.1, -0.05) is 13.8 Å². The van der Waals surface area contributed by atoms with E-state index in [4.69, 9.17) is 5.73 Å². The molecule has 0 saturated heterocycles. The quantitative estimate of drug-likeness (QED) is 0.646. The summed E-state index contributed by atoms with van der Waals surface area (Å²) in [5.41, 5.74) is 5.13. The van der Waals surface area contributed by atoms with Crippen LogP contribution in [0.2, 0.25) is 0 Å². The van der Waals surface area contributed by atoms with Crippen molar-refractivity contribution in [2.24, 2.45) is 34.8 Å². The Morgan fingerprint density at radius 2 is 1.56 bits per heavy atom. The van der Waals surface area contributed by atoms with Crippen LogP contribution in [0.3, 0.4) is 0 Å². The van der Waals surface area contributed by atoms with E-state index in [-0.39, 0.29) is 29.6 Å². The van der Waals surface area contributed by atoms with Gasteiger partial charge >= 0.3 is 0 Å². The summed E-state index contributed by atoms with van der Waals surface area (Å²) in [6.07, 6.45) is 7.15. The topological polar surface area (TPSA) is 101 Å². The molecule has 6 nitrogen and oxygen atoms in total. The summed E-state index contributed by atoms with van der Waals surface area (Å²) >= 11 is 0. The molecule has 0 aromatic heterocycles. The minimum Gasteiger partial charge on any atom is -0.368 e. The Morgan fingerprint density at radius 3 is 2.00 bits per heavy atom. The molecule has 0 heterocycles. The van der Waals surface area contributed by atoms with Crippen molar-refractivity contribution in [1.82, 2.24) is 10.6 Å². The monoisotopic (exact) mass is 349 g/mol. The third-order valence-electron chi connectivity index (χ3n) is 6.45. The smallest absolute Gasteiger partial charge is 0.240 e. The molecule has 1 atom stereocenters. The molecule has 4 aliphatic carbocycles. The van der Waals surface area contributed by atoms with E-state index in [1.807, 2.05) is 13.8 Å². The molecule has 0 radical (unpaired) electrons. The zero-order valence-corrected chi connectivity index (χ0v) is 15.3. The molecule has 4 aliphatic rings. The van der Waals surface area contributed by atoms with Gasteiger partial charge in [0.05, 0.1) is 0 Å². The second kappa shape index (κ2) is 6.96. The Kier molecular flexibility index (Phi) is 5.07. The summed E-state index contributed by atoms with van der Waals surface area (Å²) in [5, 5.41) is 5.65. The van der Waals surface area contributed by atoms with Crippen LogP contribution in [0.25, 0.3) is 0 Å². The highest BCUT2D eigenvalue weighted by Crippen LogP contribution is 2.60. The molecular formula is C19H31N3O3. The third kappa shape index (κ3) is 3.82. The summed E-state index contributed by atoms with van der Waals surface area (Å²) in [4.78, 5) is 36.2. The highest BCUT2D eigenvalue weighted by atomic mass is 16.2. The van der Waals surface area contributed by atoms with Crippen LogP contribution in [-0.2, 0) is 14.4 Å². The van der Waals surface area contributed by atoms with Gasteiger partial charge in [0.25, 0.3) is 0 Å². The van der Waals surface area contributed by atoms with Crippen LogP contribution in [0.5, 0.6) is 0 Å². The summed E-state index contributed by atoms with van der Waals surface area (Å²) < 4.78 is 0. The molecule has 0 aromatic rings. The van der Waals surface area contributed by atoms with Gasteiger partial charge in [0.2, 0.25) is 17.7 Å². The lowest BCUT2D eigenvalue weighted by atomic mass is 9.49. The predicted octanol–water partition coefficient (Wildman–Crippen LogP) is 1.34. The van der Waals surface area contributed by atoms with E-state index in [0.29, 0.717) is 6.54 Å². The number of hydrogen-bond acceptors (Lipinski definition) is 3. The van der Waals surface area contributed by atoms with Crippen molar-refractivity contribution < 1.29 is 14.4 Å². The fourth-order valence-corrected chi connectivity index (χ4v) is 5.68. The average molecular weight is 349 g/mol. The minimum absolute atomic E-state index is 0.0527. The highest BCUT2D eigenvalue weighted by molar-refractivity contribution is 5.87. The van der Waals surface area contributed by atoms with Gasteiger partial charge in [0.15, 0.2) is 0 Å².